The average molecular weight is 336 g/mol. The molecule has 1 unspecified atom stereocenters. The van der Waals surface area contributed by atoms with Gasteiger partial charge >= 0.3 is 0 Å². The molecule has 0 fully saturated rings. The van der Waals surface area contributed by atoms with E-state index >= 15 is 0 Å². The molecule has 0 bridgehead atoms. The molecule has 124 valence electrons. The van der Waals surface area contributed by atoms with Gasteiger partial charge in [-0.3, -0.25) is 0 Å². The van der Waals surface area contributed by atoms with Gasteiger partial charge in [-0.2, -0.15) is 0 Å². The number of rotatable bonds is 2. The molecule has 1 aliphatic rings. The maximum absolute atomic E-state index is 3.49. The molecule has 2 aromatic heterocycles. The van der Waals surface area contributed by atoms with Crippen LogP contribution in [0.5, 0.6) is 0 Å². The van der Waals surface area contributed by atoms with Crippen LogP contribution in [0.3, 0.4) is 0 Å². The summed E-state index contributed by atoms with van der Waals surface area (Å²) in [4.78, 5) is 4.84. The molecule has 0 aliphatic heterocycles. The summed E-state index contributed by atoms with van der Waals surface area (Å²) in [6.07, 6.45) is 12.6. The van der Waals surface area contributed by atoms with Crippen LogP contribution in [0.25, 0.3) is 26.9 Å². The van der Waals surface area contributed by atoms with Crippen LogP contribution in [-0.2, 0) is 0 Å². The Hall–Kier alpha value is -1.80. The number of fused-ring (bicyclic) bond motifs is 1. The van der Waals surface area contributed by atoms with E-state index in [-0.39, 0.29) is 0 Å². The molecule has 1 N–H and O–H groups in total. The number of aromatic amines is 1. The van der Waals surface area contributed by atoms with E-state index in [1.165, 1.54) is 65.4 Å². The Morgan fingerprint density at radius 1 is 1.12 bits per heavy atom. The maximum Gasteiger partial charge on any atom is 0.0460 e. The molecular weight excluding hydrogens is 310 g/mol. The maximum atomic E-state index is 3.49. The van der Waals surface area contributed by atoms with Gasteiger partial charge in [0.05, 0.1) is 0 Å². The van der Waals surface area contributed by atoms with E-state index in [4.69, 9.17) is 0 Å². The summed E-state index contributed by atoms with van der Waals surface area (Å²) in [6, 6.07) is 11.2. The molecule has 1 aromatic carbocycles. The molecule has 24 heavy (non-hydrogen) atoms. The van der Waals surface area contributed by atoms with Gasteiger partial charge in [-0.15, -0.1) is 11.3 Å². The van der Waals surface area contributed by atoms with Crippen LogP contribution in [0.4, 0.5) is 0 Å². The first-order chi connectivity index (χ1) is 11.8. The van der Waals surface area contributed by atoms with Crippen molar-refractivity contribution in [3.05, 3.63) is 53.5 Å². The lowest BCUT2D eigenvalue weighted by atomic mass is 9.92. The van der Waals surface area contributed by atoms with Gasteiger partial charge in [-0.25, -0.2) is 0 Å². The third-order valence-corrected chi connectivity index (χ3v) is 6.11. The molecule has 0 radical (unpaired) electrons. The summed E-state index contributed by atoms with van der Waals surface area (Å²) < 4.78 is 0. The van der Waals surface area contributed by atoms with Crippen LogP contribution in [0.2, 0.25) is 0 Å². The highest BCUT2D eigenvalue weighted by atomic mass is 32.1. The van der Waals surface area contributed by atoms with Gasteiger partial charge in [0.2, 0.25) is 0 Å². The predicted molar refractivity (Wildman–Crippen MR) is 106 cm³/mol. The Balaban J connectivity index is 1.76. The average Bonchev–Trinajstić information content (AvgIpc) is 3.26. The summed E-state index contributed by atoms with van der Waals surface area (Å²) in [5, 5.41) is 3.53. The first-order valence-electron chi connectivity index (χ1n) is 9.15. The lowest BCUT2D eigenvalue weighted by Crippen LogP contribution is -1.96. The van der Waals surface area contributed by atoms with E-state index in [1.807, 2.05) is 11.3 Å². The zero-order valence-electron chi connectivity index (χ0n) is 14.3. The lowest BCUT2D eigenvalue weighted by molar-refractivity contribution is 0.507. The molecule has 0 saturated carbocycles. The molecule has 0 amide bonds. The van der Waals surface area contributed by atoms with Gasteiger partial charge < -0.3 is 4.98 Å². The minimum atomic E-state index is 0.778. The van der Waals surface area contributed by atoms with Crippen LogP contribution >= 0.6 is 11.3 Å². The lowest BCUT2D eigenvalue weighted by Gasteiger charge is -2.13. The highest BCUT2D eigenvalue weighted by Gasteiger charge is 2.14. The molecule has 3 aromatic rings. The quantitative estimate of drug-likeness (QED) is 0.507. The van der Waals surface area contributed by atoms with Crippen molar-refractivity contribution in [2.45, 2.75) is 45.4 Å². The third kappa shape index (κ3) is 3.21. The number of allylic oxidation sites excluding steroid dienone is 2. The molecule has 2 heteroatoms. The molecule has 1 aliphatic carbocycles. The second-order valence-electron chi connectivity index (χ2n) is 7.12. The SMILES string of the molecule is CC1CCCCC/C=C(/c2c[nH]c3ccc(-c4cccs4)cc23)C1. The second-order valence-corrected chi connectivity index (χ2v) is 8.06. The standard InChI is InChI=1S/C22H25NS/c1-16-7-4-2-3-5-8-17(13-16)20-15-23-21-11-10-18(14-19(20)21)22-9-6-12-24-22/h6,8-12,14-16,23H,2-5,7,13H2,1H3/b17-8+. The monoisotopic (exact) mass is 335 g/mol. The number of hydrogen-bond acceptors (Lipinski definition) is 1. The normalized spacial score (nSPS) is 21.7. The predicted octanol–water partition coefficient (Wildman–Crippen LogP) is 7.27. The molecule has 1 atom stereocenters. The second kappa shape index (κ2) is 6.98. The Kier molecular flexibility index (Phi) is 4.57. The van der Waals surface area contributed by atoms with Crippen molar-refractivity contribution in [2.75, 3.05) is 0 Å². The van der Waals surface area contributed by atoms with Crippen molar-refractivity contribution in [1.82, 2.24) is 4.98 Å². The molecule has 0 spiro atoms. The highest BCUT2D eigenvalue weighted by Crippen LogP contribution is 2.35. The topological polar surface area (TPSA) is 15.8 Å². The number of H-pyrrole nitrogens is 1. The van der Waals surface area contributed by atoms with Gasteiger partial charge in [0.1, 0.15) is 0 Å². The molecule has 2 heterocycles. The number of hydrogen-bond donors (Lipinski definition) is 1. The van der Waals surface area contributed by atoms with Crippen LogP contribution in [0.1, 0.15) is 51.0 Å². The van der Waals surface area contributed by atoms with Gasteiger partial charge in [0.15, 0.2) is 0 Å². The van der Waals surface area contributed by atoms with E-state index in [9.17, 15) is 0 Å². The van der Waals surface area contributed by atoms with E-state index < -0.39 is 0 Å². The summed E-state index contributed by atoms with van der Waals surface area (Å²) >= 11 is 1.81. The van der Waals surface area contributed by atoms with Crippen molar-refractivity contribution in [3.63, 3.8) is 0 Å². The smallest absolute Gasteiger partial charge is 0.0460 e. The number of benzene rings is 1. The summed E-state index contributed by atoms with van der Waals surface area (Å²) in [5.74, 6) is 0.778. The zero-order valence-corrected chi connectivity index (χ0v) is 15.2. The van der Waals surface area contributed by atoms with Crippen LogP contribution in [-0.4, -0.2) is 4.98 Å². The van der Waals surface area contributed by atoms with E-state index in [1.54, 1.807) is 5.57 Å². The Morgan fingerprint density at radius 3 is 2.96 bits per heavy atom. The van der Waals surface area contributed by atoms with Crippen molar-refractivity contribution >= 4 is 27.8 Å². The fourth-order valence-corrected chi connectivity index (χ4v) is 4.58. The summed E-state index contributed by atoms with van der Waals surface area (Å²) in [5.41, 5.74) is 5.53. The Bertz CT molecular complexity index is 838. The van der Waals surface area contributed by atoms with Gasteiger partial charge in [-0.1, -0.05) is 44.4 Å². The van der Waals surface area contributed by atoms with E-state index in [0.29, 0.717) is 0 Å². The van der Waals surface area contributed by atoms with Gasteiger partial charge in [0.25, 0.3) is 0 Å². The molecule has 4 rings (SSSR count). The van der Waals surface area contributed by atoms with Gasteiger partial charge in [-0.05, 0) is 59.9 Å². The largest absolute Gasteiger partial charge is 0.361 e. The van der Waals surface area contributed by atoms with Crippen molar-refractivity contribution in [3.8, 4) is 10.4 Å². The Morgan fingerprint density at radius 2 is 2.08 bits per heavy atom. The molecule has 0 saturated heterocycles. The Labute approximate surface area is 148 Å². The third-order valence-electron chi connectivity index (χ3n) is 5.19. The van der Waals surface area contributed by atoms with Crippen LogP contribution in [0.15, 0.2) is 48.0 Å². The zero-order chi connectivity index (χ0) is 16.4. The van der Waals surface area contributed by atoms with Gasteiger partial charge in [0, 0.05) is 27.5 Å². The van der Waals surface area contributed by atoms with Crippen molar-refractivity contribution in [1.29, 1.82) is 0 Å². The first-order valence-corrected chi connectivity index (χ1v) is 10.0. The van der Waals surface area contributed by atoms with Crippen LogP contribution < -0.4 is 0 Å². The highest BCUT2D eigenvalue weighted by molar-refractivity contribution is 7.13. The molecular formula is C22H25NS. The fourth-order valence-electron chi connectivity index (χ4n) is 3.85. The first kappa shape index (κ1) is 15.7. The summed E-state index contributed by atoms with van der Waals surface area (Å²) in [7, 11) is 0. The number of nitrogens with one attached hydrogen (secondary N) is 1. The van der Waals surface area contributed by atoms with Crippen molar-refractivity contribution in [2.24, 2.45) is 5.92 Å². The minimum absolute atomic E-state index is 0.778. The van der Waals surface area contributed by atoms with E-state index in [2.05, 4.69) is 59.9 Å². The van der Waals surface area contributed by atoms with Crippen LogP contribution in [0, 0.1) is 5.92 Å². The minimum Gasteiger partial charge on any atom is -0.361 e. The van der Waals surface area contributed by atoms with Crippen molar-refractivity contribution < 1.29 is 0 Å². The fraction of sp³-hybridized carbons (Fsp3) is 0.364. The summed E-state index contributed by atoms with van der Waals surface area (Å²) in [6.45, 7) is 2.41. The molecule has 1 nitrogen and oxygen atoms in total. The van der Waals surface area contributed by atoms with E-state index in [0.717, 1.165) is 5.92 Å². The number of thiophene rings is 1. The number of aromatic nitrogens is 1.